The van der Waals surface area contributed by atoms with E-state index >= 15 is 0 Å². The van der Waals surface area contributed by atoms with Gasteiger partial charge in [0, 0.05) is 17.6 Å². The molecule has 120 valence electrons. The molecule has 1 amide bonds. The van der Waals surface area contributed by atoms with Crippen LogP contribution in [0.4, 0.5) is 0 Å². The van der Waals surface area contributed by atoms with Gasteiger partial charge >= 0.3 is 0 Å². The third-order valence-electron chi connectivity index (χ3n) is 5.31. The van der Waals surface area contributed by atoms with Gasteiger partial charge < -0.3 is 5.32 Å². The topological polar surface area (TPSA) is 32.3 Å². The number of carbonyl (C=O) groups excluding carboxylic acids is 1. The van der Waals surface area contributed by atoms with E-state index in [0.29, 0.717) is 12.1 Å². The Morgan fingerprint density at radius 1 is 1.05 bits per heavy atom. The van der Waals surface area contributed by atoms with E-state index in [1.165, 1.54) is 44.3 Å². The van der Waals surface area contributed by atoms with Crippen molar-refractivity contribution < 1.29 is 4.79 Å². The van der Waals surface area contributed by atoms with Gasteiger partial charge in [-0.05, 0) is 77.1 Å². The Labute approximate surface area is 134 Å². The number of nitrogens with zero attached hydrogens (tertiary/aromatic N) is 1. The molecule has 0 aromatic heterocycles. The maximum absolute atomic E-state index is 12.8. The summed E-state index contributed by atoms with van der Waals surface area (Å²) in [6, 6.07) is 5.09. The van der Waals surface area contributed by atoms with E-state index in [-0.39, 0.29) is 5.91 Å². The summed E-state index contributed by atoms with van der Waals surface area (Å²) in [7, 11) is 0. The summed E-state index contributed by atoms with van der Waals surface area (Å²) in [5.41, 5.74) is 4.27. The molecule has 2 fully saturated rings. The van der Waals surface area contributed by atoms with Crippen molar-refractivity contribution in [1.82, 2.24) is 10.2 Å². The minimum atomic E-state index is 0.117. The van der Waals surface area contributed by atoms with Crippen molar-refractivity contribution in [3.8, 4) is 0 Å². The van der Waals surface area contributed by atoms with Gasteiger partial charge in [0.05, 0.1) is 0 Å². The molecule has 2 atom stereocenters. The number of hydrogen-bond donors (Lipinski definition) is 1. The molecule has 3 rings (SSSR count). The molecule has 0 bridgehead atoms. The minimum Gasteiger partial charge on any atom is -0.348 e. The number of hydrogen-bond acceptors (Lipinski definition) is 2. The second-order valence-electron chi connectivity index (χ2n) is 7.09. The molecule has 3 heteroatoms. The SMILES string of the molecule is Cc1cc(C)c(C(=O)N[C@H]2CCC[C@H]2N2CCCC2)c(C)c1. The lowest BCUT2D eigenvalue weighted by Crippen LogP contribution is -2.48. The van der Waals surface area contributed by atoms with Crippen molar-refractivity contribution in [1.29, 1.82) is 0 Å². The fourth-order valence-corrected chi connectivity index (χ4v) is 4.40. The van der Waals surface area contributed by atoms with Crippen LogP contribution in [0.1, 0.15) is 59.2 Å². The van der Waals surface area contributed by atoms with Crippen molar-refractivity contribution in [2.75, 3.05) is 13.1 Å². The fourth-order valence-electron chi connectivity index (χ4n) is 4.40. The van der Waals surface area contributed by atoms with E-state index < -0.39 is 0 Å². The van der Waals surface area contributed by atoms with Gasteiger partial charge in [0.25, 0.3) is 5.91 Å². The molecule has 1 aromatic carbocycles. The average Bonchev–Trinajstić information content (AvgIpc) is 3.07. The molecule has 2 aliphatic rings. The van der Waals surface area contributed by atoms with Crippen molar-refractivity contribution in [3.63, 3.8) is 0 Å². The van der Waals surface area contributed by atoms with Gasteiger partial charge in [-0.15, -0.1) is 0 Å². The second kappa shape index (κ2) is 6.41. The Morgan fingerprint density at radius 2 is 1.68 bits per heavy atom. The summed E-state index contributed by atoms with van der Waals surface area (Å²) in [5.74, 6) is 0.117. The van der Waals surface area contributed by atoms with Crippen molar-refractivity contribution >= 4 is 5.91 Å². The Bertz CT molecular complexity index is 538. The molecular formula is C19H28N2O. The van der Waals surface area contributed by atoms with E-state index in [1.807, 2.05) is 13.8 Å². The Morgan fingerprint density at radius 3 is 2.32 bits per heavy atom. The molecule has 1 N–H and O–H groups in total. The zero-order chi connectivity index (χ0) is 15.7. The van der Waals surface area contributed by atoms with Gasteiger partial charge in [-0.3, -0.25) is 9.69 Å². The lowest BCUT2D eigenvalue weighted by atomic mass is 9.98. The third kappa shape index (κ3) is 3.05. The van der Waals surface area contributed by atoms with Crippen LogP contribution in [-0.2, 0) is 0 Å². The van der Waals surface area contributed by atoms with Gasteiger partial charge in [-0.2, -0.15) is 0 Å². The smallest absolute Gasteiger partial charge is 0.252 e. The molecule has 0 radical (unpaired) electrons. The van der Waals surface area contributed by atoms with Crippen LogP contribution < -0.4 is 5.32 Å². The monoisotopic (exact) mass is 300 g/mol. The second-order valence-corrected chi connectivity index (χ2v) is 7.09. The van der Waals surface area contributed by atoms with Crippen LogP contribution in [0.25, 0.3) is 0 Å². The summed E-state index contributed by atoms with van der Waals surface area (Å²) >= 11 is 0. The van der Waals surface area contributed by atoms with E-state index in [2.05, 4.69) is 29.3 Å². The number of rotatable bonds is 3. The molecule has 22 heavy (non-hydrogen) atoms. The number of nitrogens with one attached hydrogen (secondary N) is 1. The Kier molecular flexibility index (Phi) is 4.53. The van der Waals surface area contributed by atoms with Gasteiger partial charge in [0.2, 0.25) is 0 Å². The molecule has 1 heterocycles. The molecule has 1 saturated heterocycles. The van der Waals surface area contributed by atoms with Crippen molar-refractivity contribution in [2.45, 2.75) is 65.0 Å². The molecule has 1 aliphatic carbocycles. The first-order valence-corrected chi connectivity index (χ1v) is 8.69. The van der Waals surface area contributed by atoms with E-state index in [9.17, 15) is 4.79 Å². The first-order chi connectivity index (χ1) is 10.6. The molecule has 1 saturated carbocycles. The summed E-state index contributed by atoms with van der Waals surface area (Å²) in [5, 5.41) is 3.34. The molecular weight excluding hydrogens is 272 g/mol. The third-order valence-corrected chi connectivity index (χ3v) is 5.31. The lowest BCUT2D eigenvalue weighted by Gasteiger charge is -2.30. The highest BCUT2D eigenvalue weighted by molar-refractivity contribution is 5.97. The first-order valence-electron chi connectivity index (χ1n) is 8.69. The Hall–Kier alpha value is -1.35. The van der Waals surface area contributed by atoms with E-state index in [4.69, 9.17) is 0 Å². The number of benzene rings is 1. The standard InChI is InChI=1S/C19H28N2O/c1-13-11-14(2)18(15(3)12-13)19(22)20-16-7-6-8-17(16)21-9-4-5-10-21/h11-12,16-17H,4-10H2,1-3H3,(H,20,22)/t16-,17+/m0/s1. The zero-order valence-electron chi connectivity index (χ0n) is 14.1. The van der Waals surface area contributed by atoms with Crippen molar-refractivity contribution in [2.24, 2.45) is 0 Å². The largest absolute Gasteiger partial charge is 0.348 e. The van der Waals surface area contributed by atoms with Gasteiger partial charge in [0.1, 0.15) is 0 Å². The number of likely N-dealkylation sites (tertiary alicyclic amines) is 1. The molecule has 0 spiro atoms. The molecule has 3 nitrogen and oxygen atoms in total. The summed E-state index contributed by atoms with van der Waals surface area (Å²) in [6.07, 6.45) is 6.21. The minimum absolute atomic E-state index is 0.117. The highest BCUT2D eigenvalue weighted by Gasteiger charge is 2.34. The van der Waals surface area contributed by atoms with Crippen LogP contribution >= 0.6 is 0 Å². The highest BCUT2D eigenvalue weighted by atomic mass is 16.1. The summed E-state index contributed by atoms with van der Waals surface area (Å²) < 4.78 is 0. The maximum atomic E-state index is 12.8. The molecule has 0 unspecified atom stereocenters. The predicted molar refractivity (Wildman–Crippen MR) is 90.4 cm³/mol. The number of carbonyl (C=O) groups is 1. The summed E-state index contributed by atoms with van der Waals surface area (Å²) in [6.45, 7) is 8.59. The van der Waals surface area contributed by atoms with Crippen molar-refractivity contribution in [3.05, 3.63) is 34.4 Å². The van der Waals surface area contributed by atoms with Crippen LogP contribution in [0, 0.1) is 20.8 Å². The number of aryl methyl sites for hydroxylation is 3. The first kappa shape index (κ1) is 15.5. The van der Waals surface area contributed by atoms with Gasteiger partial charge in [0.15, 0.2) is 0 Å². The van der Waals surface area contributed by atoms with Crippen LogP contribution in [0.5, 0.6) is 0 Å². The van der Waals surface area contributed by atoms with E-state index in [1.54, 1.807) is 0 Å². The quantitative estimate of drug-likeness (QED) is 0.928. The van der Waals surface area contributed by atoms with Gasteiger partial charge in [-0.25, -0.2) is 0 Å². The van der Waals surface area contributed by atoms with E-state index in [0.717, 1.165) is 23.1 Å². The molecule has 1 aliphatic heterocycles. The van der Waals surface area contributed by atoms with Crippen LogP contribution in [0.15, 0.2) is 12.1 Å². The predicted octanol–water partition coefficient (Wildman–Crippen LogP) is 3.36. The Balaban J connectivity index is 1.73. The maximum Gasteiger partial charge on any atom is 0.252 e. The summed E-state index contributed by atoms with van der Waals surface area (Å²) in [4.78, 5) is 15.4. The molecule has 1 aromatic rings. The highest BCUT2D eigenvalue weighted by Crippen LogP contribution is 2.28. The average molecular weight is 300 g/mol. The van der Waals surface area contributed by atoms with Crippen LogP contribution in [0.3, 0.4) is 0 Å². The van der Waals surface area contributed by atoms with Gasteiger partial charge in [-0.1, -0.05) is 17.7 Å². The number of amides is 1. The lowest BCUT2D eigenvalue weighted by molar-refractivity contribution is 0.0911. The fraction of sp³-hybridized carbons (Fsp3) is 0.632. The van der Waals surface area contributed by atoms with Crippen LogP contribution in [-0.4, -0.2) is 36.0 Å². The van der Waals surface area contributed by atoms with Crippen LogP contribution in [0.2, 0.25) is 0 Å². The zero-order valence-corrected chi connectivity index (χ0v) is 14.1. The normalized spacial score (nSPS) is 25.6.